The van der Waals surface area contributed by atoms with Gasteiger partial charge >= 0.3 is 0 Å². The van der Waals surface area contributed by atoms with Gasteiger partial charge in [-0.2, -0.15) is 0 Å². The summed E-state index contributed by atoms with van der Waals surface area (Å²) < 4.78 is 0. The average Bonchev–Trinajstić information content (AvgIpc) is 3.02. The fourth-order valence-electron chi connectivity index (χ4n) is 3.88. The summed E-state index contributed by atoms with van der Waals surface area (Å²) >= 11 is 0. The highest BCUT2D eigenvalue weighted by Gasteiger charge is 2.40. The van der Waals surface area contributed by atoms with Crippen LogP contribution in [0.15, 0.2) is 24.5 Å². The molecule has 2 atom stereocenters. The minimum Gasteiger partial charge on any atom is -0.302 e. The summed E-state index contributed by atoms with van der Waals surface area (Å²) in [7, 11) is 0. The predicted octanol–water partition coefficient (Wildman–Crippen LogP) is 1.86. The van der Waals surface area contributed by atoms with Crippen LogP contribution in [0, 0.1) is 17.8 Å². The summed E-state index contributed by atoms with van der Waals surface area (Å²) in [5.74, 6) is 2.90. The van der Waals surface area contributed by atoms with E-state index in [1.165, 1.54) is 51.1 Å². The van der Waals surface area contributed by atoms with E-state index in [1.807, 2.05) is 18.5 Å². The van der Waals surface area contributed by atoms with Crippen molar-refractivity contribution in [3.8, 4) is 0 Å². The van der Waals surface area contributed by atoms with Crippen LogP contribution in [0.1, 0.15) is 18.4 Å². The first-order chi connectivity index (χ1) is 9.37. The summed E-state index contributed by atoms with van der Waals surface area (Å²) in [6, 6.07) is 4.24. The molecule has 3 nitrogen and oxygen atoms in total. The highest BCUT2D eigenvalue weighted by Crippen LogP contribution is 2.36. The quantitative estimate of drug-likeness (QED) is 0.820. The number of rotatable bonds is 4. The lowest BCUT2D eigenvalue weighted by atomic mass is 10.0. The van der Waals surface area contributed by atoms with E-state index in [2.05, 4.69) is 20.9 Å². The van der Waals surface area contributed by atoms with Crippen molar-refractivity contribution in [1.29, 1.82) is 0 Å². The lowest BCUT2D eigenvalue weighted by Crippen LogP contribution is -2.29. The van der Waals surface area contributed by atoms with Crippen molar-refractivity contribution in [2.75, 3.05) is 32.7 Å². The van der Waals surface area contributed by atoms with Crippen LogP contribution >= 0.6 is 0 Å². The predicted molar refractivity (Wildman–Crippen MR) is 75.7 cm³/mol. The van der Waals surface area contributed by atoms with Crippen molar-refractivity contribution in [3.05, 3.63) is 30.1 Å². The fraction of sp³-hybridized carbons (Fsp3) is 0.688. The molecule has 1 aromatic rings. The monoisotopic (exact) mass is 257 g/mol. The second-order valence-electron chi connectivity index (χ2n) is 6.74. The first kappa shape index (κ1) is 11.9. The minimum absolute atomic E-state index is 0.926. The van der Waals surface area contributed by atoms with E-state index in [9.17, 15) is 0 Å². The molecule has 1 saturated carbocycles. The van der Waals surface area contributed by atoms with Gasteiger partial charge in [0.05, 0.1) is 0 Å². The maximum atomic E-state index is 4.22. The van der Waals surface area contributed by atoms with Crippen molar-refractivity contribution >= 4 is 0 Å². The number of hydrogen-bond acceptors (Lipinski definition) is 3. The maximum absolute atomic E-state index is 4.22. The zero-order chi connectivity index (χ0) is 12.7. The van der Waals surface area contributed by atoms with Crippen molar-refractivity contribution in [1.82, 2.24) is 14.8 Å². The fourth-order valence-corrected chi connectivity index (χ4v) is 3.88. The Labute approximate surface area is 115 Å². The molecule has 19 heavy (non-hydrogen) atoms. The van der Waals surface area contributed by atoms with E-state index in [0.29, 0.717) is 0 Å². The molecule has 2 aliphatic heterocycles. The Morgan fingerprint density at radius 1 is 1.05 bits per heavy atom. The molecule has 2 saturated heterocycles. The zero-order valence-corrected chi connectivity index (χ0v) is 11.5. The van der Waals surface area contributed by atoms with Gasteiger partial charge in [-0.25, -0.2) is 0 Å². The number of pyridine rings is 1. The van der Waals surface area contributed by atoms with Gasteiger partial charge in [0.1, 0.15) is 0 Å². The standard InChI is InChI=1S/C16H23N3/c1-2-14(6-17-5-1)8-19-11-15-9-18(7-13-3-4-13)10-16(15)12-19/h1-2,5-6,13,15-16H,3-4,7-12H2/t15-,16-/m0/s1. The molecular weight excluding hydrogens is 234 g/mol. The van der Waals surface area contributed by atoms with Crippen molar-refractivity contribution in [3.63, 3.8) is 0 Å². The Hall–Kier alpha value is -0.930. The molecule has 0 amide bonds. The summed E-state index contributed by atoms with van der Waals surface area (Å²) in [5.41, 5.74) is 1.36. The van der Waals surface area contributed by atoms with E-state index >= 15 is 0 Å². The third-order valence-electron chi connectivity index (χ3n) is 4.98. The van der Waals surface area contributed by atoms with Crippen molar-refractivity contribution in [2.45, 2.75) is 19.4 Å². The Morgan fingerprint density at radius 2 is 1.79 bits per heavy atom. The van der Waals surface area contributed by atoms with Gasteiger partial charge in [0.2, 0.25) is 0 Å². The number of nitrogens with zero attached hydrogens (tertiary/aromatic N) is 3. The summed E-state index contributed by atoms with van der Waals surface area (Å²) in [5, 5.41) is 0. The van der Waals surface area contributed by atoms with Gasteiger partial charge in [-0.1, -0.05) is 6.07 Å². The van der Waals surface area contributed by atoms with Crippen LogP contribution in [-0.4, -0.2) is 47.5 Å². The number of likely N-dealkylation sites (tertiary alicyclic amines) is 2. The second kappa shape index (κ2) is 4.88. The van der Waals surface area contributed by atoms with Gasteiger partial charge in [-0.15, -0.1) is 0 Å². The molecule has 3 fully saturated rings. The molecule has 3 heteroatoms. The van der Waals surface area contributed by atoms with Crippen LogP contribution in [0.4, 0.5) is 0 Å². The normalized spacial score (nSPS) is 31.8. The molecule has 3 aliphatic rings. The molecule has 102 valence electrons. The van der Waals surface area contributed by atoms with E-state index in [-0.39, 0.29) is 0 Å². The highest BCUT2D eigenvalue weighted by atomic mass is 15.2. The summed E-state index contributed by atoms with van der Waals surface area (Å²) in [6.45, 7) is 7.76. The molecule has 0 spiro atoms. The van der Waals surface area contributed by atoms with Crippen LogP contribution in [-0.2, 0) is 6.54 Å². The first-order valence-corrected chi connectivity index (χ1v) is 7.70. The van der Waals surface area contributed by atoms with Crippen molar-refractivity contribution in [2.24, 2.45) is 17.8 Å². The highest BCUT2D eigenvalue weighted by molar-refractivity contribution is 5.09. The van der Waals surface area contributed by atoms with Crippen LogP contribution < -0.4 is 0 Å². The van der Waals surface area contributed by atoms with Gasteiger partial charge in [-0.05, 0) is 42.2 Å². The first-order valence-electron chi connectivity index (χ1n) is 7.70. The topological polar surface area (TPSA) is 19.4 Å². The van der Waals surface area contributed by atoms with Crippen LogP contribution in [0.2, 0.25) is 0 Å². The lowest BCUT2D eigenvalue weighted by Gasteiger charge is -2.21. The molecule has 1 aromatic heterocycles. The molecule has 0 aromatic carbocycles. The number of aromatic nitrogens is 1. The van der Waals surface area contributed by atoms with E-state index in [1.54, 1.807) is 0 Å². The third-order valence-corrected chi connectivity index (χ3v) is 4.98. The molecular formula is C16H23N3. The summed E-state index contributed by atoms with van der Waals surface area (Å²) in [6.07, 6.45) is 6.84. The van der Waals surface area contributed by atoms with Crippen molar-refractivity contribution < 1.29 is 0 Å². The average molecular weight is 257 g/mol. The molecule has 0 unspecified atom stereocenters. The smallest absolute Gasteiger partial charge is 0.0312 e. The molecule has 3 heterocycles. The maximum Gasteiger partial charge on any atom is 0.0312 e. The molecule has 0 N–H and O–H groups in total. The lowest BCUT2D eigenvalue weighted by molar-refractivity contribution is 0.245. The largest absolute Gasteiger partial charge is 0.302 e. The molecule has 0 radical (unpaired) electrons. The minimum atomic E-state index is 0.926. The van der Waals surface area contributed by atoms with Gasteiger partial charge in [-0.3, -0.25) is 9.88 Å². The number of fused-ring (bicyclic) bond motifs is 1. The van der Waals surface area contributed by atoms with Crippen LogP contribution in [0.3, 0.4) is 0 Å². The van der Waals surface area contributed by atoms with Crippen LogP contribution in [0.5, 0.6) is 0 Å². The molecule has 1 aliphatic carbocycles. The Kier molecular flexibility index (Phi) is 3.04. The molecule has 0 bridgehead atoms. The SMILES string of the molecule is c1cncc(CN2C[C@@H]3CN(CC4CC4)C[C@H]3C2)c1. The number of hydrogen-bond donors (Lipinski definition) is 0. The van der Waals surface area contributed by atoms with Crippen LogP contribution in [0.25, 0.3) is 0 Å². The Bertz CT molecular complexity index is 415. The zero-order valence-electron chi connectivity index (χ0n) is 11.5. The van der Waals surface area contributed by atoms with Gasteiger partial charge in [0, 0.05) is 51.7 Å². The third kappa shape index (κ3) is 2.67. The summed E-state index contributed by atoms with van der Waals surface area (Å²) in [4.78, 5) is 9.57. The van der Waals surface area contributed by atoms with E-state index in [4.69, 9.17) is 0 Å². The van der Waals surface area contributed by atoms with E-state index < -0.39 is 0 Å². The Morgan fingerprint density at radius 3 is 2.42 bits per heavy atom. The molecule has 4 rings (SSSR count). The van der Waals surface area contributed by atoms with E-state index in [0.717, 1.165) is 24.3 Å². The Balaban J connectivity index is 1.30. The van der Waals surface area contributed by atoms with Gasteiger partial charge in [0.25, 0.3) is 0 Å². The van der Waals surface area contributed by atoms with Gasteiger partial charge in [0.15, 0.2) is 0 Å². The van der Waals surface area contributed by atoms with Gasteiger partial charge < -0.3 is 4.90 Å². The second-order valence-corrected chi connectivity index (χ2v) is 6.74.